The molecule has 1 aromatic heterocycles. The Morgan fingerprint density at radius 1 is 1.09 bits per heavy atom. The molecule has 0 radical (unpaired) electrons. The number of anilines is 1. The minimum atomic E-state index is -0.0849. The molecule has 4 rings (SSSR count). The number of nitrogens with one attached hydrogen (secondary N) is 1. The Labute approximate surface area is 204 Å². The van der Waals surface area contributed by atoms with E-state index in [0.29, 0.717) is 19.7 Å². The Balaban J connectivity index is 1.41. The average molecular weight is 482 g/mol. The van der Waals surface area contributed by atoms with Crippen molar-refractivity contribution in [3.8, 4) is 5.75 Å². The van der Waals surface area contributed by atoms with Crippen LogP contribution in [0.5, 0.6) is 5.75 Å². The summed E-state index contributed by atoms with van der Waals surface area (Å²) in [5, 5.41) is 3.96. The maximum atomic E-state index is 13.0. The number of amides is 2. The van der Waals surface area contributed by atoms with Crippen molar-refractivity contribution >= 4 is 40.2 Å². The number of nitrogens with zero attached hydrogens (tertiary/aromatic N) is 2. The average Bonchev–Trinajstić information content (AvgIpc) is 3.16. The van der Waals surface area contributed by atoms with Gasteiger partial charge in [-0.1, -0.05) is 18.2 Å². The second-order valence-corrected chi connectivity index (χ2v) is 9.51. The molecule has 0 unspecified atom stereocenters. The summed E-state index contributed by atoms with van der Waals surface area (Å²) in [6.07, 6.45) is 2.05. The van der Waals surface area contributed by atoms with Crippen molar-refractivity contribution in [1.82, 2.24) is 9.47 Å². The van der Waals surface area contributed by atoms with Crippen molar-refractivity contribution in [3.63, 3.8) is 0 Å². The third-order valence-corrected chi connectivity index (χ3v) is 6.68. The van der Waals surface area contributed by atoms with Crippen LogP contribution in [0.15, 0.2) is 59.6 Å². The van der Waals surface area contributed by atoms with Gasteiger partial charge < -0.3 is 24.3 Å². The highest BCUT2D eigenvalue weighted by atomic mass is 32.2. The zero-order valence-electron chi connectivity index (χ0n) is 19.8. The molecule has 3 aromatic rings. The Hall–Kier alpha value is -2.97. The zero-order chi connectivity index (χ0) is 24.1. The molecule has 0 aliphatic carbocycles. The normalized spacial score (nSPS) is 18.1. The molecule has 2 heterocycles. The van der Waals surface area contributed by atoms with Gasteiger partial charge in [0.15, 0.2) is 0 Å². The van der Waals surface area contributed by atoms with E-state index in [0.717, 1.165) is 27.2 Å². The van der Waals surface area contributed by atoms with E-state index in [2.05, 4.69) is 5.32 Å². The molecule has 0 bridgehead atoms. The van der Waals surface area contributed by atoms with Gasteiger partial charge in [0.05, 0.1) is 24.6 Å². The maximum absolute atomic E-state index is 13.0. The smallest absolute Gasteiger partial charge is 0.242 e. The number of carbonyl (C=O) groups is 2. The van der Waals surface area contributed by atoms with Crippen molar-refractivity contribution in [1.29, 1.82) is 0 Å². The number of benzene rings is 2. The molecule has 7 nitrogen and oxygen atoms in total. The van der Waals surface area contributed by atoms with E-state index in [1.807, 2.05) is 85.0 Å². The summed E-state index contributed by atoms with van der Waals surface area (Å²) < 4.78 is 13.2. The number of thioether (sulfide) groups is 1. The number of hydrogen-bond acceptors (Lipinski definition) is 5. The standard InChI is InChI=1S/C26H31N3O4S/c1-4-32-21-11-9-20(10-12-21)27-25(30)17-34-24-15-28(23-8-6-5-7-22(23)24)16-26(31)29-13-18(2)33-19(3)14-29/h5-12,15,18-19H,4,13-14,16-17H2,1-3H3,(H,27,30)/t18-,19-/m1/s1. The summed E-state index contributed by atoms with van der Waals surface area (Å²) in [5.74, 6) is 1.04. The number of hydrogen-bond donors (Lipinski definition) is 1. The highest BCUT2D eigenvalue weighted by Crippen LogP contribution is 2.30. The lowest BCUT2D eigenvalue weighted by molar-refractivity contribution is -0.143. The van der Waals surface area contributed by atoms with E-state index in [9.17, 15) is 9.59 Å². The van der Waals surface area contributed by atoms with Crippen LogP contribution in [0, 0.1) is 0 Å². The summed E-state index contributed by atoms with van der Waals surface area (Å²) in [6, 6.07) is 15.3. The number of para-hydroxylation sites is 1. The van der Waals surface area contributed by atoms with E-state index in [1.165, 1.54) is 11.8 Å². The highest BCUT2D eigenvalue weighted by Gasteiger charge is 2.26. The molecule has 2 amide bonds. The molecule has 8 heteroatoms. The van der Waals surface area contributed by atoms with E-state index >= 15 is 0 Å². The Morgan fingerprint density at radius 3 is 2.50 bits per heavy atom. The molecular formula is C26H31N3O4S. The van der Waals surface area contributed by atoms with Crippen LogP contribution in [0.2, 0.25) is 0 Å². The summed E-state index contributed by atoms with van der Waals surface area (Å²) >= 11 is 1.47. The molecule has 1 N–H and O–H groups in total. The van der Waals surface area contributed by atoms with Crippen LogP contribution in [0.4, 0.5) is 5.69 Å². The van der Waals surface area contributed by atoms with Crippen molar-refractivity contribution in [2.45, 2.75) is 44.4 Å². The quantitative estimate of drug-likeness (QED) is 0.483. The first kappa shape index (κ1) is 24.2. The first-order chi connectivity index (χ1) is 16.4. The largest absolute Gasteiger partial charge is 0.494 e. The number of fused-ring (bicyclic) bond motifs is 1. The fourth-order valence-corrected chi connectivity index (χ4v) is 5.12. The number of ether oxygens (including phenoxy) is 2. The molecule has 2 atom stereocenters. The predicted molar refractivity (Wildman–Crippen MR) is 135 cm³/mol. The zero-order valence-corrected chi connectivity index (χ0v) is 20.6. The van der Waals surface area contributed by atoms with Gasteiger partial charge in [0.25, 0.3) is 0 Å². The molecule has 180 valence electrons. The molecule has 0 saturated carbocycles. The number of carbonyl (C=O) groups excluding carboxylic acids is 2. The SMILES string of the molecule is CCOc1ccc(NC(=O)CSc2cn(CC(=O)N3C[C@@H](C)O[C@H](C)C3)c3ccccc23)cc1. The second kappa shape index (κ2) is 11.0. The first-order valence-electron chi connectivity index (χ1n) is 11.6. The Bertz CT molecular complexity index is 1130. The number of rotatable bonds is 8. The lowest BCUT2D eigenvalue weighted by Crippen LogP contribution is -2.49. The lowest BCUT2D eigenvalue weighted by Gasteiger charge is -2.35. The molecule has 2 aromatic carbocycles. The van der Waals surface area contributed by atoms with Crippen LogP contribution in [0.3, 0.4) is 0 Å². The minimum absolute atomic E-state index is 0.0362. The minimum Gasteiger partial charge on any atom is -0.494 e. The van der Waals surface area contributed by atoms with Crippen LogP contribution in [-0.4, -0.2) is 58.9 Å². The monoisotopic (exact) mass is 481 g/mol. The van der Waals surface area contributed by atoms with Crippen molar-refractivity contribution in [2.75, 3.05) is 30.8 Å². The van der Waals surface area contributed by atoms with Crippen molar-refractivity contribution in [3.05, 3.63) is 54.7 Å². The summed E-state index contributed by atoms with van der Waals surface area (Å²) in [4.78, 5) is 28.4. The maximum Gasteiger partial charge on any atom is 0.242 e. The topological polar surface area (TPSA) is 72.8 Å². The van der Waals surface area contributed by atoms with Gasteiger partial charge in [0.2, 0.25) is 11.8 Å². The molecular weight excluding hydrogens is 450 g/mol. The molecule has 1 saturated heterocycles. The van der Waals surface area contributed by atoms with Crippen molar-refractivity contribution < 1.29 is 19.1 Å². The number of aromatic nitrogens is 1. The van der Waals surface area contributed by atoms with E-state index in [1.54, 1.807) is 0 Å². The van der Waals surface area contributed by atoms with Gasteiger partial charge in [-0.3, -0.25) is 9.59 Å². The van der Waals surface area contributed by atoms with Crippen molar-refractivity contribution in [2.24, 2.45) is 0 Å². The van der Waals surface area contributed by atoms with Gasteiger partial charge in [-0.2, -0.15) is 0 Å². The summed E-state index contributed by atoms with van der Waals surface area (Å²) in [6.45, 7) is 8.00. The van der Waals surface area contributed by atoms with Gasteiger partial charge in [-0.15, -0.1) is 11.8 Å². The third kappa shape index (κ3) is 5.93. The molecule has 1 aliphatic heterocycles. The second-order valence-electron chi connectivity index (χ2n) is 8.49. The molecule has 1 aliphatic rings. The molecule has 34 heavy (non-hydrogen) atoms. The van der Waals surface area contributed by atoms with Gasteiger partial charge >= 0.3 is 0 Å². The predicted octanol–water partition coefficient (Wildman–Crippen LogP) is 4.41. The van der Waals surface area contributed by atoms with Gasteiger partial charge in [0, 0.05) is 40.8 Å². The van der Waals surface area contributed by atoms with E-state index < -0.39 is 0 Å². The van der Waals surface area contributed by atoms with Crippen LogP contribution >= 0.6 is 11.8 Å². The Morgan fingerprint density at radius 2 is 1.79 bits per heavy atom. The van der Waals surface area contributed by atoms with Gasteiger partial charge in [-0.25, -0.2) is 0 Å². The van der Waals surface area contributed by atoms with Crippen LogP contribution in [-0.2, 0) is 20.9 Å². The molecule has 1 fully saturated rings. The first-order valence-corrected chi connectivity index (χ1v) is 12.6. The summed E-state index contributed by atoms with van der Waals surface area (Å²) in [5.41, 5.74) is 1.72. The van der Waals surface area contributed by atoms with Crippen LogP contribution < -0.4 is 10.1 Å². The highest BCUT2D eigenvalue weighted by molar-refractivity contribution is 8.00. The fourth-order valence-electron chi connectivity index (χ4n) is 4.23. The lowest BCUT2D eigenvalue weighted by atomic mass is 10.2. The van der Waals surface area contributed by atoms with Crippen LogP contribution in [0.1, 0.15) is 20.8 Å². The van der Waals surface area contributed by atoms with Gasteiger partial charge in [-0.05, 0) is 51.1 Å². The Kier molecular flexibility index (Phi) is 7.80. The third-order valence-electron chi connectivity index (χ3n) is 5.64. The number of morpholine rings is 1. The fraction of sp³-hybridized carbons (Fsp3) is 0.385. The molecule has 0 spiro atoms. The van der Waals surface area contributed by atoms with E-state index in [-0.39, 0.29) is 36.3 Å². The summed E-state index contributed by atoms with van der Waals surface area (Å²) in [7, 11) is 0. The van der Waals surface area contributed by atoms with Gasteiger partial charge in [0.1, 0.15) is 12.3 Å². The van der Waals surface area contributed by atoms with E-state index in [4.69, 9.17) is 9.47 Å². The van der Waals surface area contributed by atoms with Crippen LogP contribution in [0.25, 0.3) is 10.9 Å².